The first-order valence-corrected chi connectivity index (χ1v) is 9.00. The van der Waals surface area contributed by atoms with Crippen LogP contribution in [0.25, 0.3) is 0 Å². The van der Waals surface area contributed by atoms with Crippen LogP contribution in [0.5, 0.6) is 11.5 Å². The van der Waals surface area contributed by atoms with Crippen molar-refractivity contribution in [1.82, 2.24) is 4.90 Å². The lowest BCUT2D eigenvalue weighted by molar-refractivity contribution is -0.0000135. The lowest BCUT2D eigenvalue weighted by atomic mass is 9.99. The quantitative estimate of drug-likeness (QED) is 0.717. The van der Waals surface area contributed by atoms with Crippen LogP contribution >= 0.6 is 0 Å². The van der Waals surface area contributed by atoms with Crippen LogP contribution in [-0.2, 0) is 0 Å². The number of hydrogen-bond acceptors (Lipinski definition) is 4. The number of ether oxygens (including phenoxy) is 2. The standard InChI is InChI=1S/C21H23NO3.ClH/c23-19(17-6-7-20-21(14-17)25-13-12-24-20)9-11-22-10-8-18(15-22)16-4-2-1-3-5-16;/h1-7,14,18H,8-13,15H2;1H/p-1. The van der Waals surface area contributed by atoms with Crippen LogP contribution in [0.4, 0.5) is 0 Å². The summed E-state index contributed by atoms with van der Waals surface area (Å²) in [5.41, 5.74) is 2.12. The van der Waals surface area contributed by atoms with Gasteiger partial charge in [0.2, 0.25) is 0 Å². The van der Waals surface area contributed by atoms with Gasteiger partial charge in [-0.1, -0.05) is 30.3 Å². The average Bonchev–Trinajstić information content (AvgIpc) is 3.15. The maximum atomic E-state index is 12.5. The minimum atomic E-state index is 0. The van der Waals surface area contributed by atoms with Gasteiger partial charge in [-0.2, -0.15) is 0 Å². The third kappa shape index (κ3) is 4.19. The van der Waals surface area contributed by atoms with E-state index in [4.69, 9.17) is 9.47 Å². The molecule has 2 aliphatic rings. The highest BCUT2D eigenvalue weighted by Crippen LogP contribution is 2.31. The number of halogens is 1. The van der Waals surface area contributed by atoms with E-state index in [1.165, 1.54) is 12.0 Å². The Morgan fingerprint density at radius 3 is 2.62 bits per heavy atom. The van der Waals surface area contributed by atoms with Gasteiger partial charge in [0.15, 0.2) is 17.3 Å². The molecule has 138 valence electrons. The molecule has 0 aliphatic carbocycles. The molecule has 2 heterocycles. The molecule has 1 fully saturated rings. The SMILES string of the molecule is O=C(CCN1CCC(c2ccccc2)C1)c1ccc2c(c1)OCCO2.[Cl-]. The van der Waals surface area contributed by atoms with Crippen molar-refractivity contribution in [2.24, 2.45) is 0 Å². The summed E-state index contributed by atoms with van der Waals surface area (Å²) in [6.07, 6.45) is 1.71. The summed E-state index contributed by atoms with van der Waals surface area (Å²) >= 11 is 0. The number of carbonyl (C=O) groups excluding carboxylic acids is 1. The summed E-state index contributed by atoms with van der Waals surface area (Å²) in [5, 5.41) is 0. The Labute approximate surface area is 160 Å². The zero-order chi connectivity index (χ0) is 17.1. The summed E-state index contributed by atoms with van der Waals surface area (Å²) < 4.78 is 11.1. The molecule has 1 saturated heterocycles. The molecule has 2 aliphatic heterocycles. The highest BCUT2D eigenvalue weighted by molar-refractivity contribution is 5.96. The summed E-state index contributed by atoms with van der Waals surface area (Å²) in [6.45, 7) is 4.03. The number of carbonyl (C=O) groups is 1. The predicted octanol–water partition coefficient (Wildman–Crippen LogP) is 0.524. The number of fused-ring (bicyclic) bond motifs is 1. The number of Topliss-reactive ketones (excluding diaryl/α,β-unsaturated/α-hetero) is 1. The van der Waals surface area contributed by atoms with Crippen LogP contribution < -0.4 is 21.9 Å². The Kier molecular flexibility index (Phi) is 6.17. The van der Waals surface area contributed by atoms with E-state index in [0.717, 1.165) is 25.4 Å². The molecular formula is C21H23ClNO3-. The fourth-order valence-corrected chi connectivity index (χ4v) is 3.65. The minimum Gasteiger partial charge on any atom is -1.00 e. The Morgan fingerprint density at radius 2 is 1.81 bits per heavy atom. The van der Waals surface area contributed by atoms with E-state index < -0.39 is 0 Å². The van der Waals surface area contributed by atoms with Gasteiger partial charge in [-0.25, -0.2) is 0 Å². The molecule has 4 rings (SSSR count). The fourth-order valence-electron chi connectivity index (χ4n) is 3.65. The van der Waals surface area contributed by atoms with E-state index in [2.05, 4.69) is 35.2 Å². The van der Waals surface area contributed by atoms with Gasteiger partial charge < -0.3 is 26.8 Å². The first-order chi connectivity index (χ1) is 12.3. The van der Waals surface area contributed by atoms with Gasteiger partial charge in [0.05, 0.1) is 0 Å². The van der Waals surface area contributed by atoms with Crippen LogP contribution in [0.1, 0.15) is 34.7 Å². The highest BCUT2D eigenvalue weighted by Gasteiger charge is 2.24. The third-order valence-electron chi connectivity index (χ3n) is 5.06. The van der Waals surface area contributed by atoms with E-state index in [9.17, 15) is 4.79 Å². The second-order valence-electron chi connectivity index (χ2n) is 6.73. The molecular weight excluding hydrogens is 350 g/mol. The Morgan fingerprint density at radius 1 is 1.04 bits per heavy atom. The van der Waals surface area contributed by atoms with Gasteiger partial charge in [0.25, 0.3) is 0 Å². The van der Waals surface area contributed by atoms with Crippen molar-refractivity contribution in [3.63, 3.8) is 0 Å². The first-order valence-electron chi connectivity index (χ1n) is 9.00. The van der Waals surface area contributed by atoms with Crippen molar-refractivity contribution >= 4 is 5.78 Å². The van der Waals surface area contributed by atoms with Crippen LogP contribution in [0, 0.1) is 0 Å². The lowest BCUT2D eigenvalue weighted by Crippen LogP contribution is -3.00. The maximum absolute atomic E-state index is 12.5. The normalized spacial score (nSPS) is 19.0. The van der Waals surface area contributed by atoms with Crippen LogP contribution in [0.3, 0.4) is 0 Å². The van der Waals surface area contributed by atoms with E-state index in [-0.39, 0.29) is 18.2 Å². The van der Waals surface area contributed by atoms with Crippen LogP contribution in [0.15, 0.2) is 48.5 Å². The molecule has 0 N–H and O–H groups in total. The molecule has 0 radical (unpaired) electrons. The molecule has 1 unspecified atom stereocenters. The van der Waals surface area contributed by atoms with Crippen molar-refractivity contribution in [2.45, 2.75) is 18.8 Å². The van der Waals surface area contributed by atoms with E-state index in [1.54, 1.807) is 0 Å². The van der Waals surface area contributed by atoms with E-state index >= 15 is 0 Å². The minimum absolute atomic E-state index is 0. The molecule has 26 heavy (non-hydrogen) atoms. The molecule has 4 nitrogen and oxygen atoms in total. The molecule has 0 bridgehead atoms. The second kappa shape index (κ2) is 8.56. The summed E-state index contributed by atoms with van der Waals surface area (Å²) in [6, 6.07) is 16.2. The Hall–Kier alpha value is -2.04. The number of rotatable bonds is 5. The molecule has 2 aromatic rings. The highest BCUT2D eigenvalue weighted by atomic mass is 35.5. The number of ketones is 1. The van der Waals surface area contributed by atoms with Gasteiger partial charge in [-0.05, 0) is 42.6 Å². The van der Waals surface area contributed by atoms with Crippen molar-refractivity contribution in [2.75, 3.05) is 32.8 Å². The van der Waals surface area contributed by atoms with Gasteiger partial charge in [-0.3, -0.25) is 4.79 Å². The summed E-state index contributed by atoms with van der Waals surface area (Å²) in [5.74, 6) is 2.17. The average molecular weight is 373 g/mol. The number of hydrogen-bond donors (Lipinski definition) is 0. The van der Waals surface area contributed by atoms with Crippen molar-refractivity contribution in [3.8, 4) is 11.5 Å². The monoisotopic (exact) mass is 372 g/mol. The van der Waals surface area contributed by atoms with Crippen molar-refractivity contribution in [1.29, 1.82) is 0 Å². The smallest absolute Gasteiger partial charge is 0.164 e. The molecule has 2 aromatic carbocycles. The maximum Gasteiger partial charge on any atom is 0.164 e. The predicted molar refractivity (Wildman–Crippen MR) is 96.6 cm³/mol. The molecule has 5 heteroatoms. The van der Waals surface area contributed by atoms with Gasteiger partial charge in [0, 0.05) is 25.1 Å². The fraction of sp³-hybridized carbons (Fsp3) is 0.381. The Balaban J connectivity index is 0.00000196. The van der Waals surface area contributed by atoms with Crippen molar-refractivity contribution in [3.05, 3.63) is 59.7 Å². The lowest BCUT2D eigenvalue weighted by Gasteiger charge is -2.19. The van der Waals surface area contributed by atoms with Crippen LogP contribution in [0.2, 0.25) is 0 Å². The number of nitrogens with zero attached hydrogens (tertiary/aromatic N) is 1. The molecule has 0 amide bonds. The summed E-state index contributed by atoms with van der Waals surface area (Å²) in [4.78, 5) is 14.9. The van der Waals surface area contributed by atoms with Crippen LogP contribution in [-0.4, -0.2) is 43.5 Å². The molecule has 0 saturated carbocycles. The topological polar surface area (TPSA) is 38.8 Å². The second-order valence-corrected chi connectivity index (χ2v) is 6.73. The third-order valence-corrected chi connectivity index (χ3v) is 5.06. The molecule has 0 spiro atoms. The Bertz CT molecular complexity index is 750. The van der Waals surface area contributed by atoms with E-state index in [1.807, 2.05) is 18.2 Å². The summed E-state index contributed by atoms with van der Waals surface area (Å²) in [7, 11) is 0. The molecule has 1 atom stereocenters. The number of likely N-dealkylation sites (tertiary alicyclic amines) is 1. The largest absolute Gasteiger partial charge is 1.00 e. The van der Waals surface area contributed by atoms with Gasteiger partial charge in [0.1, 0.15) is 13.2 Å². The van der Waals surface area contributed by atoms with Crippen molar-refractivity contribution < 1.29 is 26.7 Å². The first kappa shape index (κ1) is 18.7. The van der Waals surface area contributed by atoms with Gasteiger partial charge >= 0.3 is 0 Å². The van der Waals surface area contributed by atoms with E-state index in [0.29, 0.717) is 36.9 Å². The zero-order valence-electron chi connectivity index (χ0n) is 14.7. The van der Waals surface area contributed by atoms with Gasteiger partial charge in [-0.15, -0.1) is 0 Å². The molecule has 0 aromatic heterocycles. The number of benzene rings is 2. The zero-order valence-corrected chi connectivity index (χ0v) is 15.5.